The second-order valence-corrected chi connectivity index (χ2v) is 4.65. The third-order valence-corrected chi connectivity index (χ3v) is 1.50. The fraction of sp³-hybridized carbons (Fsp3) is 1.00. The maximum atomic E-state index is 4.99. The summed E-state index contributed by atoms with van der Waals surface area (Å²) in [6.45, 7) is 0. The molecule has 0 heterocycles. The van der Waals surface area contributed by atoms with Crippen molar-refractivity contribution in [3.05, 3.63) is 0 Å². The normalized spacial score (nSPS) is 6.35. The van der Waals surface area contributed by atoms with E-state index in [2.05, 4.69) is 12.6 Å². The average molecular weight is 689 g/mol. The minimum absolute atomic E-state index is 0. The Kier molecular flexibility index (Phi) is 134. The van der Waals surface area contributed by atoms with Gasteiger partial charge in [0, 0.05) is 68.3 Å². The number of thioether (sulfide) groups is 3. The predicted molar refractivity (Wildman–Crippen MR) is 85.7 cm³/mol. The molecule has 120 valence electrons. The van der Waals surface area contributed by atoms with Gasteiger partial charge >= 0.3 is 0 Å². The van der Waals surface area contributed by atoms with Gasteiger partial charge in [0.05, 0.1) is 0 Å². The minimum atomic E-state index is 0. The molecule has 0 saturated heterocycles. The van der Waals surface area contributed by atoms with Crippen molar-refractivity contribution in [2.24, 2.45) is 22.9 Å². The fourth-order valence-corrected chi connectivity index (χ4v) is 0. The molecular weight excluding hydrogens is 662 g/mol. The zero-order valence-corrected chi connectivity index (χ0v) is 18.1. The largest absolute Gasteiger partial charge is 0.322 e. The molecule has 0 atom stereocenters. The quantitative estimate of drug-likeness (QED) is 0.169. The SMILES string of the molecule is CSCN.CSCN.CSCN.NCS.[Au].[Au]. The molecule has 8 N–H and O–H groups in total. The zero-order chi connectivity index (χ0) is 12.9. The topological polar surface area (TPSA) is 104 Å². The second-order valence-electron chi connectivity index (χ2n) is 1.55. The van der Waals surface area contributed by atoms with Crippen LogP contribution in [0.1, 0.15) is 0 Å². The molecule has 0 unspecified atom stereocenters. The van der Waals surface area contributed by atoms with Crippen molar-refractivity contribution in [1.82, 2.24) is 0 Å². The number of nitrogens with two attached hydrogens (primary N) is 4. The molecule has 2 radical (unpaired) electrons. The second kappa shape index (κ2) is 62.2. The molecule has 17 heavy (non-hydrogen) atoms. The molecule has 0 rings (SSSR count). The minimum Gasteiger partial charge on any atom is -0.322 e. The standard InChI is InChI=1S/3C2H7NS.CH5NS.2Au/c3*1-4-2-3;2-1-3;;/h3*2-3H2,1H3;3H,1-2H2;;. The summed E-state index contributed by atoms with van der Waals surface area (Å²) in [7, 11) is 0. The van der Waals surface area contributed by atoms with E-state index in [-0.39, 0.29) is 44.8 Å². The van der Waals surface area contributed by atoms with E-state index in [4.69, 9.17) is 22.9 Å². The summed E-state index contributed by atoms with van der Waals surface area (Å²) in [5.74, 6) is 2.65. The maximum absolute atomic E-state index is 4.99. The third kappa shape index (κ3) is 160. The molecule has 10 heteroatoms. The van der Waals surface area contributed by atoms with E-state index in [0.717, 1.165) is 17.6 Å². The number of hydrogen-bond donors (Lipinski definition) is 5. The van der Waals surface area contributed by atoms with Crippen LogP contribution in [0.2, 0.25) is 0 Å². The average Bonchev–Trinajstić information content (AvgIpc) is 2.30. The van der Waals surface area contributed by atoms with E-state index in [1.165, 1.54) is 0 Å². The van der Waals surface area contributed by atoms with Crippen LogP contribution < -0.4 is 22.9 Å². The van der Waals surface area contributed by atoms with E-state index in [1.807, 2.05) is 18.8 Å². The van der Waals surface area contributed by atoms with Crippen molar-refractivity contribution in [2.75, 3.05) is 42.3 Å². The van der Waals surface area contributed by atoms with E-state index in [1.54, 1.807) is 35.3 Å². The zero-order valence-electron chi connectivity index (χ0n) is 10.4. The molecule has 4 nitrogen and oxygen atoms in total. The molecule has 0 amide bonds. The summed E-state index contributed by atoms with van der Waals surface area (Å²) < 4.78 is 0. The van der Waals surface area contributed by atoms with Crippen LogP contribution in [0.4, 0.5) is 0 Å². The summed E-state index contributed by atoms with van der Waals surface area (Å²) in [4.78, 5) is 0. The van der Waals surface area contributed by atoms with Gasteiger partial charge in [0.1, 0.15) is 0 Å². The monoisotopic (exact) mass is 688 g/mol. The Morgan fingerprint density at radius 2 is 0.765 bits per heavy atom. The van der Waals surface area contributed by atoms with Gasteiger partial charge in [-0.25, -0.2) is 0 Å². The Labute approximate surface area is 156 Å². The molecule has 0 aromatic carbocycles. The summed E-state index contributed by atoms with van der Waals surface area (Å²) >= 11 is 8.47. The van der Waals surface area contributed by atoms with Crippen LogP contribution >= 0.6 is 47.9 Å². The van der Waals surface area contributed by atoms with Crippen molar-refractivity contribution >= 4 is 47.9 Å². The van der Waals surface area contributed by atoms with E-state index < -0.39 is 0 Å². The van der Waals surface area contributed by atoms with Gasteiger partial charge in [-0.15, -0.1) is 0 Å². The molecule has 0 aliphatic rings. The van der Waals surface area contributed by atoms with Gasteiger partial charge in [-0.3, -0.25) is 0 Å². The van der Waals surface area contributed by atoms with Gasteiger partial charge in [-0.1, -0.05) is 0 Å². The summed E-state index contributed by atoms with van der Waals surface area (Å²) in [5, 5.41) is 0. The first-order valence-electron chi connectivity index (χ1n) is 4.04. The molecule has 0 aromatic rings. The molecule has 0 bridgehead atoms. The molecular formula is C7H26Au2N4S4. The van der Waals surface area contributed by atoms with Gasteiger partial charge < -0.3 is 22.9 Å². The predicted octanol–water partition coefficient (Wildman–Crippen LogP) is 0.624. The van der Waals surface area contributed by atoms with E-state index >= 15 is 0 Å². The summed E-state index contributed by atoms with van der Waals surface area (Å²) in [6.07, 6.45) is 5.92. The Balaban J connectivity index is -0.0000000230. The Morgan fingerprint density at radius 3 is 0.765 bits per heavy atom. The van der Waals surface area contributed by atoms with Crippen molar-refractivity contribution < 1.29 is 44.8 Å². The van der Waals surface area contributed by atoms with Gasteiger partial charge in [0.15, 0.2) is 0 Å². The number of thiol groups is 1. The van der Waals surface area contributed by atoms with Crippen LogP contribution in [0.5, 0.6) is 0 Å². The van der Waals surface area contributed by atoms with Crippen LogP contribution in [0.3, 0.4) is 0 Å². The van der Waals surface area contributed by atoms with E-state index in [9.17, 15) is 0 Å². The Morgan fingerprint density at radius 1 is 0.706 bits per heavy atom. The van der Waals surface area contributed by atoms with Gasteiger partial charge in [-0.2, -0.15) is 47.9 Å². The fourth-order valence-electron chi connectivity index (χ4n) is 0. The van der Waals surface area contributed by atoms with Crippen LogP contribution in [0, 0.1) is 0 Å². The van der Waals surface area contributed by atoms with Crippen LogP contribution in [0.15, 0.2) is 0 Å². The Bertz CT molecular complexity index is 55.6. The van der Waals surface area contributed by atoms with Crippen molar-refractivity contribution in [3.63, 3.8) is 0 Å². The first-order chi connectivity index (χ1) is 7.16. The maximum Gasteiger partial charge on any atom is 0.0389 e. The third-order valence-electron chi connectivity index (χ3n) is 0.500. The number of hydrogen-bond acceptors (Lipinski definition) is 8. The molecule has 0 aliphatic carbocycles. The van der Waals surface area contributed by atoms with Crippen LogP contribution in [-0.2, 0) is 44.8 Å². The first-order valence-corrected chi connectivity index (χ1v) is 8.85. The van der Waals surface area contributed by atoms with Gasteiger partial charge in [-0.05, 0) is 18.8 Å². The first kappa shape index (κ1) is 36.7. The summed E-state index contributed by atoms with van der Waals surface area (Å²) in [5.41, 5.74) is 19.7. The van der Waals surface area contributed by atoms with Crippen LogP contribution in [0.25, 0.3) is 0 Å². The molecule has 0 aliphatic heterocycles. The summed E-state index contributed by atoms with van der Waals surface area (Å²) in [6, 6.07) is 0. The van der Waals surface area contributed by atoms with Gasteiger partial charge in [0.25, 0.3) is 0 Å². The smallest absolute Gasteiger partial charge is 0.0389 e. The molecule has 0 aromatic heterocycles. The molecule has 0 spiro atoms. The van der Waals surface area contributed by atoms with Crippen molar-refractivity contribution in [1.29, 1.82) is 0 Å². The van der Waals surface area contributed by atoms with E-state index in [0.29, 0.717) is 5.88 Å². The molecule has 0 saturated carbocycles. The van der Waals surface area contributed by atoms with Gasteiger partial charge in [0.2, 0.25) is 0 Å². The Hall–Kier alpha value is 2.72. The van der Waals surface area contributed by atoms with Crippen LogP contribution in [-0.4, -0.2) is 42.3 Å². The van der Waals surface area contributed by atoms with Crippen molar-refractivity contribution in [3.8, 4) is 0 Å². The molecule has 0 fully saturated rings. The van der Waals surface area contributed by atoms with Crippen molar-refractivity contribution in [2.45, 2.75) is 0 Å². The number of rotatable bonds is 3.